The van der Waals surface area contributed by atoms with Crippen LogP contribution in [0.15, 0.2) is 6.33 Å². The Morgan fingerprint density at radius 1 is 1.39 bits per heavy atom. The molecular weight excluding hydrogens is 366 g/mol. The lowest BCUT2D eigenvalue weighted by Crippen LogP contribution is -2.42. The molecular formula is C17H23N7O4. The van der Waals surface area contributed by atoms with E-state index in [1.54, 1.807) is 6.92 Å². The smallest absolute Gasteiger partial charge is 0.252 e. The van der Waals surface area contributed by atoms with Crippen LogP contribution in [0.2, 0.25) is 0 Å². The number of nitrogens with two attached hydrogens (primary N) is 1. The summed E-state index contributed by atoms with van der Waals surface area (Å²) in [7, 11) is 3.77. The van der Waals surface area contributed by atoms with Crippen molar-refractivity contribution in [1.82, 2.24) is 29.7 Å². The van der Waals surface area contributed by atoms with Crippen LogP contribution in [-0.2, 0) is 9.53 Å². The van der Waals surface area contributed by atoms with Crippen LogP contribution in [-0.4, -0.2) is 86.0 Å². The third-order valence-electron chi connectivity index (χ3n) is 4.17. The summed E-state index contributed by atoms with van der Waals surface area (Å²) >= 11 is 0. The zero-order valence-corrected chi connectivity index (χ0v) is 15.8. The molecule has 1 aliphatic rings. The number of likely N-dealkylation sites (N-methyl/N-ethyl adjacent to an activating group) is 1. The first-order chi connectivity index (χ1) is 13.3. The Morgan fingerprint density at radius 3 is 2.82 bits per heavy atom. The average Bonchev–Trinajstić information content (AvgIpc) is 3.17. The minimum absolute atomic E-state index is 0.131. The molecule has 4 atom stereocenters. The molecule has 1 saturated heterocycles. The van der Waals surface area contributed by atoms with E-state index in [4.69, 9.17) is 10.5 Å². The van der Waals surface area contributed by atoms with Gasteiger partial charge in [0.2, 0.25) is 5.82 Å². The van der Waals surface area contributed by atoms with Crippen molar-refractivity contribution in [3.8, 4) is 11.8 Å². The quantitative estimate of drug-likeness (QED) is 0.438. The molecule has 0 saturated carbocycles. The van der Waals surface area contributed by atoms with Crippen LogP contribution in [0.5, 0.6) is 0 Å². The topological polar surface area (TPSA) is 152 Å². The molecule has 3 rings (SSSR count). The molecule has 5 N–H and O–H groups in total. The van der Waals surface area contributed by atoms with Gasteiger partial charge in [0.25, 0.3) is 5.91 Å². The van der Waals surface area contributed by atoms with Crippen LogP contribution >= 0.6 is 0 Å². The van der Waals surface area contributed by atoms with E-state index >= 15 is 0 Å². The Morgan fingerprint density at radius 2 is 2.14 bits per heavy atom. The second kappa shape index (κ2) is 8.07. The van der Waals surface area contributed by atoms with Crippen molar-refractivity contribution >= 4 is 22.9 Å². The molecule has 0 unspecified atom stereocenters. The maximum Gasteiger partial charge on any atom is 0.252 e. The highest BCUT2D eigenvalue weighted by Crippen LogP contribution is 2.32. The van der Waals surface area contributed by atoms with E-state index in [-0.39, 0.29) is 17.3 Å². The Labute approximate surface area is 161 Å². The molecule has 2 aromatic rings. The number of nitrogens with zero attached hydrogens (tertiary/aromatic N) is 5. The number of anilines is 1. The predicted molar refractivity (Wildman–Crippen MR) is 99.8 cm³/mol. The van der Waals surface area contributed by atoms with Crippen molar-refractivity contribution in [2.75, 3.05) is 32.9 Å². The fourth-order valence-electron chi connectivity index (χ4n) is 2.84. The predicted octanol–water partition coefficient (Wildman–Crippen LogP) is -1.92. The molecule has 0 spiro atoms. The van der Waals surface area contributed by atoms with Gasteiger partial charge in [0.05, 0.1) is 12.9 Å². The minimum Gasteiger partial charge on any atom is -0.387 e. The standard InChI is InChI=1S/C17H23N7O4/c1-4-19-16(27)13-11(25)12(26)17(28-13)24-8-20-10-14(18)21-9(22-15(10)24)6-5-7-23(2)3/h8,11-13,17,25-26H,4,7H2,1-3H3,(H,19,27)(H2,18,21,22)/t11-,12+,13-,17+/m0/s1. The van der Waals surface area contributed by atoms with Gasteiger partial charge < -0.3 is 26.0 Å². The number of rotatable bonds is 4. The van der Waals surface area contributed by atoms with Gasteiger partial charge in [0.1, 0.15) is 17.7 Å². The summed E-state index contributed by atoms with van der Waals surface area (Å²) in [5.41, 5.74) is 6.55. The molecule has 2 aromatic heterocycles. The summed E-state index contributed by atoms with van der Waals surface area (Å²) in [6.45, 7) is 2.64. The Balaban J connectivity index is 1.95. The second-order valence-electron chi connectivity index (χ2n) is 6.62. The van der Waals surface area contributed by atoms with Crippen molar-refractivity contribution in [3.63, 3.8) is 0 Å². The summed E-state index contributed by atoms with van der Waals surface area (Å²) in [5, 5.41) is 23.2. The maximum absolute atomic E-state index is 12.1. The SMILES string of the molecule is CCNC(=O)[C@H]1O[C@@H](n2cnc3c(N)nc(C#CCN(C)C)nc32)[C@H](O)[C@@H]1O. The molecule has 150 valence electrons. The summed E-state index contributed by atoms with van der Waals surface area (Å²) in [4.78, 5) is 26.6. The van der Waals surface area contributed by atoms with E-state index in [1.807, 2.05) is 19.0 Å². The van der Waals surface area contributed by atoms with Crippen LogP contribution in [0.3, 0.4) is 0 Å². The van der Waals surface area contributed by atoms with Crippen molar-refractivity contribution in [1.29, 1.82) is 0 Å². The van der Waals surface area contributed by atoms with Gasteiger partial charge in [-0.15, -0.1) is 0 Å². The molecule has 1 aliphatic heterocycles. The summed E-state index contributed by atoms with van der Waals surface area (Å²) < 4.78 is 7.03. The molecule has 11 nitrogen and oxygen atoms in total. The number of imidazole rings is 1. The van der Waals surface area contributed by atoms with Gasteiger partial charge in [-0.3, -0.25) is 14.3 Å². The van der Waals surface area contributed by atoms with E-state index < -0.39 is 30.4 Å². The fourth-order valence-corrected chi connectivity index (χ4v) is 2.84. The highest BCUT2D eigenvalue weighted by Gasteiger charge is 2.47. The van der Waals surface area contributed by atoms with Crippen molar-refractivity contribution < 1.29 is 19.7 Å². The number of aliphatic hydroxyl groups is 2. The van der Waals surface area contributed by atoms with Gasteiger partial charge in [-0.25, -0.2) is 15.0 Å². The van der Waals surface area contributed by atoms with Gasteiger partial charge in [0, 0.05) is 6.54 Å². The van der Waals surface area contributed by atoms with Crippen LogP contribution in [0.1, 0.15) is 19.0 Å². The normalized spacial score (nSPS) is 24.4. The lowest BCUT2D eigenvalue weighted by molar-refractivity contribution is -0.137. The molecule has 11 heteroatoms. The van der Waals surface area contributed by atoms with Crippen LogP contribution in [0.25, 0.3) is 11.2 Å². The first kappa shape index (κ1) is 20.0. The van der Waals surface area contributed by atoms with E-state index in [0.29, 0.717) is 18.6 Å². The van der Waals surface area contributed by atoms with Gasteiger partial charge in [-0.2, -0.15) is 0 Å². The monoisotopic (exact) mass is 389 g/mol. The highest BCUT2D eigenvalue weighted by molar-refractivity contribution is 5.83. The molecule has 0 radical (unpaired) electrons. The number of carbonyl (C=O) groups excluding carboxylic acids is 1. The van der Waals surface area contributed by atoms with Crippen molar-refractivity contribution in [2.45, 2.75) is 31.5 Å². The Hall–Kier alpha value is -2.78. The third kappa shape index (κ3) is 3.76. The first-order valence-electron chi connectivity index (χ1n) is 8.76. The number of aromatic nitrogens is 4. The van der Waals surface area contributed by atoms with E-state index in [1.165, 1.54) is 10.9 Å². The van der Waals surface area contributed by atoms with E-state index in [9.17, 15) is 15.0 Å². The summed E-state index contributed by atoms with van der Waals surface area (Å²) in [6, 6.07) is 0. The molecule has 1 fully saturated rings. The number of ether oxygens (including phenoxy) is 1. The first-order valence-corrected chi connectivity index (χ1v) is 8.76. The number of hydrogen-bond acceptors (Lipinski definition) is 9. The maximum atomic E-state index is 12.1. The van der Waals surface area contributed by atoms with Crippen molar-refractivity contribution in [2.24, 2.45) is 0 Å². The molecule has 0 bridgehead atoms. The molecule has 3 heterocycles. The molecule has 0 aromatic carbocycles. The zero-order chi connectivity index (χ0) is 20.4. The number of aliphatic hydroxyl groups excluding tert-OH is 2. The van der Waals surface area contributed by atoms with Crippen LogP contribution in [0.4, 0.5) is 5.82 Å². The average molecular weight is 389 g/mol. The summed E-state index contributed by atoms with van der Waals surface area (Å²) in [5.74, 6) is 5.56. The van der Waals surface area contributed by atoms with E-state index in [0.717, 1.165) is 0 Å². The number of fused-ring (bicyclic) bond motifs is 1. The lowest BCUT2D eigenvalue weighted by Gasteiger charge is -2.16. The second-order valence-corrected chi connectivity index (χ2v) is 6.62. The van der Waals surface area contributed by atoms with Gasteiger partial charge in [-0.05, 0) is 26.9 Å². The van der Waals surface area contributed by atoms with Crippen molar-refractivity contribution in [3.05, 3.63) is 12.2 Å². The lowest BCUT2D eigenvalue weighted by atomic mass is 10.1. The van der Waals surface area contributed by atoms with Gasteiger partial charge >= 0.3 is 0 Å². The molecule has 28 heavy (non-hydrogen) atoms. The fraction of sp³-hybridized carbons (Fsp3) is 0.529. The van der Waals surface area contributed by atoms with Gasteiger partial charge in [0.15, 0.2) is 23.8 Å². The van der Waals surface area contributed by atoms with Crippen LogP contribution in [0, 0.1) is 11.8 Å². The Kier molecular flexibility index (Phi) is 5.76. The zero-order valence-electron chi connectivity index (χ0n) is 15.8. The Bertz CT molecular complexity index is 933. The number of nitrogens with one attached hydrogen (secondary N) is 1. The number of carbonyl (C=O) groups is 1. The van der Waals surface area contributed by atoms with Crippen LogP contribution < -0.4 is 11.1 Å². The third-order valence-corrected chi connectivity index (χ3v) is 4.17. The summed E-state index contributed by atoms with van der Waals surface area (Å²) in [6.07, 6.45) is -3.66. The molecule has 1 amide bonds. The largest absolute Gasteiger partial charge is 0.387 e. The number of amides is 1. The van der Waals surface area contributed by atoms with Gasteiger partial charge in [-0.1, -0.05) is 5.92 Å². The highest BCUT2D eigenvalue weighted by atomic mass is 16.6. The number of nitrogen functional groups attached to an aromatic ring is 1. The minimum atomic E-state index is -1.40. The van der Waals surface area contributed by atoms with E-state index in [2.05, 4.69) is 32.1 Å². The number of hydrogen-bond donors (Lipinski definition) is 4. The molecule has 0 aliphatic carbocycles.